The number of hydrogen-bond donors (Lipinski definition) is 1. The van der Waals surface area contributed by atoms with Crippen molar-refractivity contribution in [2.24, 2.45) is 17.6 Å². The molecule has 1 fully saturated rings. The molecular weight excluding hydrogens is 248 g/mol. The lowest BCUT2D eigenvalue weighted by atomic mass is 9.85. The Morgan fingerprint density at radius 1 is 1.33 bits per heavy atom. The first-order chi connectivity index (χ1) is 8.27. The predicted octanol–water partition coefficient (Wildman–Crippen LogP) is 1.11. The SMILES string of the molecule is CC1CC(C)C(CN)N(CCS(=O)(=O)C(C)C)C1. The van der Waals surface area contributed by atoms with Crippen LogP contribution in [0.4, 0.5) is 0 Å². The number of piperidine rings is 1. The van der Waals surface area contributed by atoms with Gasteiger partial charge in [-0.05, 0) is 32.1 Å². The molecular formula is C13H28N2O2S. The number of nitrogens with two attached hydrogens (primary N) is 1. The second-order valence-corrected chi connectivity index (χ2v) is 8.71. The van der Waals surface area contributed by atoms with Gasteiger partial charge >= 0.3 is 0 Å². The predicted molar refractivity (Wildman–Crippen MR) is 76.3 cm³/mol. The van der Waals surface area contributed by atoms with E-state index in [-0.39, 0.29) is 11.0 Å². The van der Waals surface area contributed by atoms with Crippen LogP contribution >= 0.6 is 0 Å². The minimum absolute atomic E-state index is 0.251. The summed E-state index contributed by atoms with van der Waals surface area (Å²) in [6.07, 6.45) is 1.19. The van der Waals surface area contributed by atoms with E-state index in [1.54, 1.807) is 13.8 Å². The first-order valence-corrected chi connectivity index (χ1v) is 8.65. The molecule has 1 rings (SSSR count). The van der Waals surface area contributed by atoms with Crippen molar-refractivity contribution < 1.29 is 8.42 Å². The third kappa shape index (κ3) is 3.93. The molecule has 1 aliphatic heterocycles. The Kier molecular flexibility index (Phi) is 5.62. The second kappa shape index (κ2) is 6.35. The number of sulfone groups is 1. The molecule has 0 saturated carbocycles. The number of likely N-dealkylation sites (tertiary alicyclic amines) is 1. The number of rotatable bonds is 5. The van der Waals surface area contributed by atoms with Gasteiger partial charge in [0.1, 0.15) is 0 Å². The fourth-order valence-corrected chi connectivity index (χ4v) is 3.84. The van der Waals surface area contributed by atoms with Crippen LogP contribution in [0, 0.1) is 11.8 Å². The molecule has 1 saturated heterocycles. The largest absolute Gasteiger partial charge is 0.329 e. The van der Waals surface area contributed by atoms with Crippen LogP contribution in [0.1, 0.15) is 34.1 Å². The van der Waals surface area contributed by atoms with Gasteiger partial charge in [0.2, 0.25) is 0 Å². The first kappa shape index (κ1) is 15.9. The van der Waals surface area contributed by atoms with Gasteiger partial charge in [0.15, 0.2) is 9.84 Å². The molecule has 1 aliphatic rings. The van der Waals surface area contributed by atoms with E-state index in [9.17, 15) is 8.42 Å². The van der Waals surface area contributed by atoms with Crippen molar-refractivity contribution in [3.63, 3.8) is 0 Å². The summed E-state index contributed by atoms with van der Waals surface area (Å²) in [7, 11) is -2.95. The Balaban J connectivity index is 2.64. The minimum atomic E-state index is -2.95. The molecule has 0 spiro atoms. The molecule has 0 amide bonds. The summed E-state index contributed by atoms with van der Waals surface area (Å²) in [6.45, 7) is 10.2. The summed E-state index contributed by atoms with van der Waals surface area (Å²) < 4.78 is 23.7. The average Bonchev–Trinajstić information content (AvgIpc) is 2.25. The molecule has 0 aromatic heterocycles. The van der Waals surface area contributed by atoms with E-state index in [1.807, 2.05) is 0 Å². The molecule has 3 atom stereocenters. The van der Waals surface area contributed by atoms with Gasteiger partial charge in [-0.25, -0.2) is 8.42 Å². The summed E-state index contributed by atoms with van der Waals surface area (Å²) in [4.78, 5) is 2.28. The van der Waals surface area contributed by atoms with Gasteiger partial charge in [0.25, 0.3) is 0 Å². The Hall–Kier alpha value is -0.130. The molecule has 0 bridgehead atoms. The highest BCUT2D eigenvalue weighted by Crippen LogP contribution is 2.26. The Morgan fingerprint density at radius 3 is 2.44 bits per heavy atom. The molecule has 0 aliphatic carbocycles. The molecule has 18 heavy (non-hydrogen) atoms. The maximum absolute atomic E-state index is 11.9. The van der Waals surface area contributed by atoms with Crippen LogP contribution in [0.5, 0.6) is 0 Å². The molecule has 2 N–H and O–H groups in total. The van der Waals surface area contributed by atoms with Crippen LogP contribution in [-0.2, 0) is 9.84 Å². The van der Waals surface area contributed by atoms with Gasteiger partial charge in [-0.3, -0.25) is 4.90 Å². The van der Waals surface area contributed by atoms with Crippen molar-refractivity contribution in [1.29, 1.82) is 0 Å². The molecule has 0 radical (unpaired) electrons. The third-order valence-electron chi connectivity index (χ3n) is 4.07. The quantitative estimate of drug-likeness (QED) is 0.817. The lowest BCUT2D eigenvalue weighted by molar-refractivity contribution is 0.0795. The highest BCUT2D eigenvalue weighted by molar-refractivity contribution is 7.92. The zero-order chi connectivity index (χ0) is 13.9. The highest BCUT2D eigenvalue weighted by atomic mass is 32.2. The zero-order valence-electron chi connectivity index (χ0n) is 12.1. The molecule has 1 heterocycles. The van der Waals surface area contributed by atoms with Crippen LogP contribution in [0.25, 0.3) is 0 Å². The van der Waals surface area contributed by atoms with Gasteiger partial charge in [-0.15, -0.1) is 0 Å². The normalized spacial score (nSPS) is 30.9. The lowest BCUT2D eigenvalue weighted by Crippen LogP contribution is -2.52. The van der Waals surface area contributed by atoms with E-state index in [0.29, 0.717) is 31.0 Å². The topological polar surface area (TPSA) is 63.4 Å². The van der Waals surface area contributed by atoms with Gasteiger partial charge < -0.3 is 5.73 Å². The fourth-order valence-electron chi connectivity index (χ4n) is 2.88. The van der Waals surface area contributed by atoms with Gasteiger partial charge in [-0.2, -0.15) is 0 Å². The second-order valence-electron chi connectivity index (χ2n) is 6.03. The molecule has 0 aromatic carbocycles. The Morgan fingerprint density at radius 2 is 1.94 bits per heavy atom. The maximum atomic E-state index is 11.9. The molecule has 0 aromatic rings. The summed E-state index contributed by atoms with van der Waals surface area (Å²) in [5.41, 5.74) is 5.84. The number of hydrogen-bond acceptors (Lipinski definition) is 4. The Labute approximate surface area is 112 Å². The van der Waals surface area contributed by atoms with Gasteiger partial charge in [0.05, 0.1) is 11.0 Å². The van der Waals surface area contributed by atoms with E-state index in [1.165, 1.54) is 6.42 Å². The average molecular weight is 276 g/mol. The Bertz CT molecular complexity index is 354. The van der Waals surface area contributed by atoms with Crippen molar-refractivity contribution in [1.82, 2.24) is 4.90 Å². The van der Waals surface area contributed by atoms with E-state index in [2.05, 4.69) is 18.7 Å². The monoisotopic (exact) mass is 276 g/mol. The van der Waals surface area contributed by atoms with Crippen molar-refractivity contribution in [3.05, 3.63) is 0 Å². The van der Waals surface area contributed by atoms with Crippen molar-refractivity contribution in [2.75, 3.05) is 25.4 Å². The van der Waals surface area contributed by atoms with Gasteiger partial charge in [-0.1, -0.05) is 13.8 Å². The molecule has 108 valence electrons. The molecule has 4 nitrogen and oxygen atoms in total. The smallest absolute Gasteiger partial charge is 0.153 e. The number of nitrogens with zero attached hydrogens (tertiary/aromatic N) is 1. The van der Waals surface area contributed by atoms with Crippen molar-refractivity contribution >= 4 is 9.84 Å². The van der Waals surface area contributed by atoms with Crippen LogP contribution < -0.4 is 5.73 Å². The van der Waals surface area contributed by atoms with E-state index < -0.39 is 9.84 Å². The zero-order valence-corrected chi connectivity index (χ0v) is 12.9. The van der Waals surface area contributed by atoms with Crippen LogP contribution in [0.15, 0.2) is 0 Å². The molecule has 3 unspecified atom stereocenters. The molecule has 5 heteroatoms. The fraction of sp³-hybridized carbons (Fsp3) is 1.00. The van der Waals surface area contributed by atoms with Gasteiger partial charge in [0, 0.05) is 25.7 Å². The lowest BCUT2D eigenvalue weighted by Gasteiger charge is -2.42. The van der Waals surface area contributed by atoms with Crippen LogP contribution in [0.2, 0.25) is 0 Å². The summed E-state index contributed by atoms with van der Waals surface area (Å²) >= 11 is 0. The van der Waals surface area contributed by atoms with E-state index in [0.717, 1.165) is 6.54 Å². The maximum Gasteiger partial charge on any atom is 0.153 e. The minimum Gasteiger partial charge on any atom is -0.329 e. The summed E-state index contributed by atoms with van der Waals surface area (Å²) in [6, 6.07) is 0.337. The van der Waals surface area contributed by atoms with E-state index >= 15 is 0 Å². The van der Waals surface area contributed by atoms with Crippen molar-refractivity contribution in [3.8, 4) is 0 Å². The summed E-state index contributed by atoms with van der Waals surface area (Å²) in [5, 5.41) is -0.284. The first-order valence-electron chi connectivity index (χ1n) is 6.93. The standard InChI is InChI=1S/C13H28N2O2S/c1-10(2)18(16,17)6-5-15-9-11(3)7-12(4)13(15)8-14/h10-13H,5-9,14H2,1-4H3. The van der Waals surface area contributed by atoms with E-state index in [4.69, 9.17) is 5.73 Å². The highest BCUT2D eigenvalue weighted by Gasteiger charge is 2.31. The van der Waals surface area contributed by atoms with Crippen molar-refractivity contribution in [2.45, 2.75) is 45.4 Å². The summed E-state index contributed by atoms with van der Waals surface area (Å²) in [5.74, 6) is 1.44. The third-order valence-corrected chi connectivity index (χ3v) is 6.26. The van der Waals surface area contributed by atoms with Crippen LogP contribution in [-0.4, -0.2) is 50.0 Å². The van der Waals surface area contributed by atoms with Crippen LogP contribution in [0.3, 0.4) is 0 Å².